The summed E-state index contributed by atoms with van der Waals surface area (Å²) < 4.78 is 2.65. The van der Waals surface area contributed by atoms with Crippen LogP contribution in [0, 0.1) is 0 Å². The van der Waals surface area contributed by atoms with Gasteiger partial charge in [-0.1, -0.05) is 18.2 Å². The zero-order chi connectivity index (χ0) is 11.4. The van der Waals surface area contributed by atoms with E-state index in [2.05, 4.69) is 31.6 Å². The maximum Gasteiger partial charge on any atom is 0.119 e. The Balaban J connectivity index is 2.03. The highest BCUT2D eigenvalue weighted by atomic mass is 79.9. The molecule has 2 aromatic rings. The lowest BCUT2D eigenvalue weighted by Crippen LogP contribution is -1.93. The van der Waals surface area contributed by atoms with Crippen molar-refractivity contribution < 1.29 is 0 Å². The van der Waals surface area contributed by atoms with Crippen molar-refractivity contribution >= 4 is 27.8 Å². The summed E-state index contributed by atoms with van der Waals surface area (Å²) in [5, 5.41) is 8.33. The molecule has 4 nitrogen and oxygen atoms in total. The molecule has 5 heteroatoms. The minimum atomic E-state index is 0.797. The number of anilines is 1. The summed E-state index contributed by atoms with van der Waals surface area (Å²) in [7, 11) is 1.87. The Kier molecular flexibility index (Phi) is 3.36. The molecule has 1 aromatic carbocycles. The lowest BCUT2D eigenvalue weighted by molar-refractivity contribution is 0.765. The molecule has 0 fully saturated rings. The van der Waals surface area contributed by atoms with Crippen LogP contribution in [0.15, 0.2) is 46.1 Å². The van der Waals surface area contributed by atoms with Gasteiger partial charge in [-0.15, -0.1) is 0 Å². The summed E-state index contributed by atoms with van der Waals surface area (Å²) in [6.07, 6.45) is 3.56. The van der Waals surface area contributed by atoms with Gasteiger partial charge in [-0.05, 0) is 28.1 Å². The molecular weight excluding hydrogens is 268 g/mol. The molecule has 1 aromatic heterocycles. The number of benzene rings is 1. The van der Waals surface area contributed by atoms with E-state index >= 15 is 0 Å². The molecule has 0 saturated heterocycles. The van der Waals surface area contributed by atoms with Gasteiger partial charge in [0.1, 0.15) is 5.69 Å². The van der Waals surface area contributed by atoms with E-state index in [4.69, 9.17) is 0 Å². The Morgan fingerprint density at radius 2 is 2.12 bits per heavy atom. The summed E-state index contributed by atoms with van der Waals surface area (Å²) in [5.41, 5.74) is 4.68. The van der Waals surface area contributed by atoms with Crippen molar-refractivity contribution in [3.05, 3.63) is 46.7 Å². The molecule has 0 unspecified atom stereocenters. The van der Waals surface area contributed by atoms with Crippen molar-refractivity contribution in [2.45, 2.75) is 0 Å². The Bertz CT molecular complexity index is 490. The van der Waals surface area contributed by atoms with Gasteiger partial charge in [0.2, 0.25) is 0 Å². The molecule has 16 heavy (non-hydrogen) atoms. The van der Waals surface area contributed by atoms with E-state index in [0.717, 1.165) is 15.9 Å². The van der Waals surface area contributed by atoms with Crippen molar-refractivity contribution in [2.75, 3.05) is 5.43 Å². The molecule has 1 heterocycles. The minimum Gasteiger partial charge on any atom is -0.278 e. The van der Waals surface area contributed by atoms with Crippen LogP contribution in [0.2, 0.25) is 0 Å². The second kappa shape index (κ2) is 4.94. The average molecular weight is 279 g/mol. The molecule has 0 spiro atoms. The first-order valence-corrected chi connectivity index (χ1v) is 5.58. The van der Waals surface area contributed by atoms with Crippen LogP contribution >= 0.6 is 15.9 Å². The van der Waals surface area contributed by atoms with Crippen LogP contribution in [-0.2, 0) is 7.05 Å². The van der Waals surface area contributed by atoms with Crippen molar-refractivity contribution in [2.24, 2.45) is 12.1 Å². The van der Waals surface area contributed by atoms with E-state index in [1.165, 1.54) is 0 Å². The number of hydrogen-bond acceptors (Lipinski definition) is 3. The number of nitrogens with one attached hydrogen (secondary N) is 1. The first kappa shape index (κ1) is 10.9. The predicted octanol–water partition coefficient (Wildman–Crippen LogP) is 2.63. The van der Waals surface area contributed by atoms with Crippen molar-refractivity contribution in [1.29, 1.82) is 0 Å². The van der Waals surface area contributed by atoms with E-state index in [1.54, 1.807) is 10.9 Å². The second-order valence-corrected chi connectivity index (χ2v) is 4.13. The highest BCUT2D eigenvalue weighted by molar-refractivity contribution is 9.10. The normalized spacial score (nSPS) is 10.9. The lowest BCUT2D eigenvalue weighted by atomic mass is 10.3. The van der Waals surface area contributed by atoms with Crippen molar-refractivity contribution in [1.82, 2.24) is 9.78 Å². The molecule has 0 atom stereocenters. The molecule has 0 aliphatic rings. The zero-order valence-corrected chi connectivity index (χ0v) is 10.3. The summed E-state index contributed by atoms with van der Waals surface area (Å²) in [5.74, 6) is 0. The minimum absolute atomic E-state index is 0.797. The van der Waals surface area contributed by atoms with Gasteiger partial charge in [-0.2, -0.15) is 10.2 Å². The maximum atomic E-state index is 4.22. The number of para-hydroxylation sites is 1. The topological polar surface area (TPSA) is 42.2 Å². The quantitative estimate of drug-likeness (QED) is 0.693. The molecule has 0 aliphatic carbocycles. The molecule has 1 N–H and O–H groups in total. The molecule has 0 aliphatic heterocycles. The number of rotatable bonds is 3. The van der Waals surface area contributed by atoms with Gasteiger partial charge < -0.3 is 0 Å². The Hall–Kier alpha value is -1.62. The lowest BCUT2D eigenvalue weighted by Gasteiger charge is -1.97. The van der Waals surface area contributed by atoms with E-state index in [1.807, 2.05) is 43.6 Å². The first-order chi connectivity index (χ1) is 7.75. The molecule has 0 amide bonds. The number of aryl methyl sites for hydroxylation is 1. The van der Waals surface area contributed by atoms with Crippen LogP contribution in [0.3, 0.4) is 0 Å². The van der Waals surface area contributed by atoms with Gasteiger partial charge >= 0.3 is 0 Å². The van der Waals surface area contributed by atoms with Gasteiger partial charge in [0.05, 0.1) is 16.4 Å². The van der Waals surface area contributed by atoms with Crippen LogP contribution in [0.5, 0.6) is 0 Å². The number of hydrogen-bond donors (Lipinski definition) is 1. The largest absolute Gasteiger partial charge is 0.278 e. The van der Waals surface area contributed by atoms with Crippen molar-refractivity contribution in [3.8, 4) is 0 Å². The SMILES string of the molecule is Cn1cc(Br)c(/C=N/Nc2ccccc2)n1. The monoisotopic (exact) mass is 278 g/mol. The predicted molar refractivity (Wildman–Crippen MR) is 68.6 cm³/mol. The van der Waals surface area contributed by atoms with E-state index in [9.17, 15) is 0 Å². The van der Waals surface area contributed by atoms with Gasteiger partial charge in [0, 0.05) is 13.2 Å². The van der Waals surface area contributed by atoms with Crippen LogP contribution in [0.4, 0.5) is 5.69 Å². The smallest absolute Gasteiger partial charge is 0.119 e. The molecule has 82 valence electrons. The Morgan fingerprint density at radius 3 is 2.75 bits per heavy atom. The summed E-state index contributed by atoms with van der Waals surface area (Å²) >= 11 is 3.40. The van der Waals surface area contributed by atoms with Crippen LogP contribution in [0.1, 0.15) is 5.69 Å². The maximum absolute atomic E-state index is 4.22. The van der Waals surface area contributed by atoms with Gasteiger partial charge in [-0.3, -0.25) is 10.1 Å². The molecule has 0 bridgehead atoms. The number of nitrogens with zero attached hydrogens (tertiary/aromatic N) is 3. The Morgan fingerprint density at radius 1 is 1.38 bits per heavy atom. The average Bonchev–Trinajstić information content (AvgIpc) is 2.59. The van der Waals surface area contributed by atoms with E-state index in [-0.39, 0.29) is 0 Å². The highest BCUT2D eigenvalue weighted by Gasteiger charge is 2.00. The van der Waals surface area contributed by atoms with Crippen molar-refractivity contribution in [3.63, 3.8) is 0 Å². The first-order valence-electron chi connectivity index (χ1n) is 4.79. The van der Waals surface area contributed by atoms with Gasteiger partial charge in [-0.25, -0.2) is 0 Å². The van der Waals surface area contributed by atoms with E-state index < -0.39 is 0 Å². The van der Waals surface area contributed by atoms with E-state index in [0.29, 0.717) is 0 Å². The van der Waals surface area contributed by atoms with Crippen LogP contribution in [-0.4, -0.2) is 16.0 Å². The highest BCUT2D eigenvalue weighted by Crippen LogP contribution is 2.12. The summed E-state index contributed by atoms with van der Waals surface area (Å²) in [6, 6.07) is 9.77. The molecule has 0 radical (unpaired) electrons. The standard InChI is InChI=1S/C11H11BrN4/c1-16-8-10(12)11(15-16)7-13-14-9-5-3-2-4-6-9/h2-8,14H,1H3/b13-7+. The fourth-order valence-corrected chi connectivity index (χ4v) is 1.72. The number of aromatic nitrogens is 2. The zero-order valence-electron chi connectivity index (χ0n) is 8.76. The Labute approximate surface area is 102 Å². The number of hydrazone groups is 1. The van der Waals surface area contributed by atoms with Crippen LogP contribution < -0.4 is 5.43 Å². The third-order valence-electron chi connectivity index (χ3n) is 1.96. The third-order valence-corrected chi connectivity index (χ3v) is 2.58. The second-order valence-electron chi connectivity index (χ2n) is 3.27. The number of halogens is 1. The fourth-order valence-electron chi connectivity index (χ4n) is 1.24. The van der Waals surface area contributed by atoms with Gasteiger partial charge in [0.25, 0.3) is 0 Å². The molecular formula is C11H11BrN4. The van der Waals surface area contributed by atoms with Gasteiger partial charge in [0.15, 0.2) is 0 Å². The molecule has 0 saturated carbocycles. The molecule has 2 rings (SSSR count). The summed E-state index contributed by atoms with van der Waals surface area (Å²) in [4.78, 5) is 0. The fraction of sp³-hybridized carbons (Fsp3) is 0.0909. The van der Waals surface area contributed by atoms with Crippen LogP contribution in [0.25, 0.3) is 0 Å². The third kappa shape index (κ3) is 2.70. The summed E-state index contributed by atoms with van der Waals surface area (Å²) in [6.45, 7) is 0.